The summed E-state index contributed by atoms with van der Waals surface area (Å²) >= 11 is 1.31. The van der Waals surface area contributed by atoms with E-state index in [2.05, 4.69) is 5.32 Å². The van der Waals surface area contributed by atoms with Crippen LogP contribution >= 0.6 is 11.3 Å². The number of nitrogens with zero attached hydrogens (tertiary/aromatic N) is 2. The Hall–Kier alpha value is -3.01. The summed E-state index contributed by atoms with van der Waals surface area (Å²) in [6.45, 7) is -0.402. The van der Waals surface area contributed by atoms with Crippen molar-refractivity contribution >= 4 is 33.8 Å². The highest BCUT2D eigenvalue weighted by molar-refractivity contribution is 7.17. The molecule has 10 heteroatoms. The second kappa shape index (κ2) is 7.08. The zero-order valence-electron chi connectivity index (χ0n) is 13.7. The predicted molar refractivity (Wildman–Crippen MR) is 95.5 cm³/mol. The number of anilines is 1. The molecule has 0 aliphatic heterocycles. The summed E-state index contributed by atoms with van der Waals surface area (Å²) in [5.74, 6) is -1.17. The summed E-state index contributed by atoms with van der Waals surface area (Å²) in [4.78, 5) is 47.1. The summed E-state index contributed by atoms with van der Waals surface area (Å²) in [6, 6.07) is 2.11. The monoisotopic (exact) mass is 376 g/mol. The first-order valence-corrected chi connectivity index (χ1v) is 8.77. The van der Waals surface area contributed by atoms with E-state index < -0.39 is 28.8 Å². The Morgan fingerprint density at radius 1 is 1.31 bits per heavy atom. The molecule has 3 N–H and O–H groups in total. The van der Waals surface area contributed by atoms with Crippen LogP contribution in [0.4, 0.5) is 10.7 Å². The zero-order valence-corrected chi connectivity index (χ0v) is 14.5. The normalized spacial score (nSPS) is 13.1. The second-order valence-corrected chi connectivity index (χ2v) is 7.04. The van der Waals surface area contributed by atoms with Gasteiger partial charge in [0.15, 0.2) is 0 Å². The number of pyridine rings is 1. The molecule has 2 aromatic heterocycles. The fourth-order valence-corrected chi connectivity index (χ4v) is 4.30. The number of carbonyl (C=O) groups is 2. The highest BCUT2D eigenvalue weighted by Crippen LogP contribution is 2.37. The van der Waals surface area contributed by atoms with Gasteiger partial charge in [0.05, 0.1) is 16.7 Å². The Kier molecular flexibility index (Phi) is 4.85. The highest BCUT2D eigenvalue weighted by Gasteiger charge is 2.25. The van der Waals surface area contributed by atoms with Crippen LogP contribution in [0.5, 0.6) is 0 Å². The summed E-state index contributed by atoms with van der Waals surface area (Å²) in [6.07, 6.45) is 4.56. The van der Waals surface area contributed by atoms with Gasteiger partial charge in [-0.2, -0.15) is 0 Å². The van der Waals surface area contributed by atoms with Gasteiger partial charge in [-0.25, -0.2) is 0 Å². The molecule has 0 aromatic carbocycles. The van der Waals surface area contributed by atoms with Crippen molar-refractivity contribution in [2.45, 2.75) is 32.2 Å². The number of nitrogens with two attached hydrogens (primary N) is 1. The molecule has 0 saturated carbocycles. The number of thiophene rings is 1. The molecule has 26 heavy (non-hydrogen) atoms. The van der Waals surface area contributed by atoms with E-state index in [1.807, 2.05) is 0 Å². The predicted octanol–water partition coefficient (Wildman–Crippen LogP) is 1.43. The zero-order chi connectivity index (χ0) is 18.8. The summed E-state index contributed by atoms with van der Waals surface area (Å²) in [7, 11) is 0. The van der Waals surface area contributed by atoms with E-state index in [-0.39, 0.29) is 5.69 Å². The standard InChI is InChI=1S/C16H16N4O5S/c17-15(23)14-10-3-1-2-4-11(10)26-16(14)18-12(21)8-19-7-9(20(24)25)5-6-13(19)22/h5-7H,1-4,8H2,(H2,17,23)(H,18,21). The van der Waals surface area contributed by atoms with Crippen LogP contribution in [0.25, 0.3) is 0 Å². The Morgan fingerprint density at radius 3 is 2.73 bits per heavy atom. The number of fused-ring (bicyclic) bond motifs is 1. The van der Waals surface area contributed by atoms with Crippen molar-refractivity contribution in [2.75, 3.05) is 5.32 Å². The Bertz CT molecular complexity index is 962. The topological polar surface area (TPSA) is 137 Å². The molecule has 0 bridgehead atoms. The number of nitro groups is 1. The lowest BCUT2D eigenvalue weighted by Gasteiger charge is -2.11. The lowest BCUT2D eigenvalue weighted by molar-refractivity contribution is -0.385. The molecular formula is C16H16N4O5S. The first-order chi connectivity index (χ1) is 12.4. The lowest BCUT2D eigenvalue weighted by Crippen LogP contribution is -2.27. The van der Waals surface area contributed by atoms with Gasteiger partial charge in [-0.1, -0.05) is 0 Å². The molecule has 136 valence electrons. The van der Waals surface area contributed by atoms with Gasteiger partial charge >= 0.3 is 0 Å². The van der Waals surface area contributed by atoms with Crippen LogP contribution in [0.1, 0.15) is 33.6 Å². The number of primary amides is 1. The molecule has 2 aromatic rings. The molecule has 1 aliphatic rings. The number of carbonyl (C=O) groups excluding carboxylic acids is 2. The second-order valence-electron chi connectivity index (χ2n) is 5.94. The number of amides is 2. The van der Waals surface area contributed by atoms with E-state index in [1.165, 1.54) is 11.3 Å². The molecule has 0 fully saturated rings. The van der Waals surface area contributed by atoms with Crippen molar-refractivity contribution in [3.63, 3.8) is 0 Å². The van der Waals surface area contributed by atoms with Crippen molar-refractivity contribution < 1.29 is 14.5 Å². The number of nitrogens with one attached hydrogen (secondary N) is 1. The fraction of sp³-hybridized carbons (Fsp3) is 0.312. The summed E-state index contributed by atoms with van der Waals surface area (Å²) in [5.41, 5.74) is 5.86. The van der Waals surface area contributed by atoms with Gasteiger partial charge in [-0.15, -0.1) is 11.3 Å². The largest absolute Gasteiger partial charge is 0.365 e. The molecule has 2 amide bonds. The number of rotatable bonds is 5. The quantitative estimate of drug-likeness (QED) is 0.601. The van der Waals surface area contributed by atoms with Crippen molar-refractivity contribution in [3.8, 4) is 0 Å². The SMILES string of the molecule is NC(=O)c1c(NC(=O)Cn2cc([N+](=O)[O-])ccc2=O)sc2c1CCCC2. The smallest absolute Gasteiger partial charge is 0.285 e. The highest BCUT2D eigenvalue weighted by atomic mass is 32.1. The van der Waals surface area contributed by atoms with Crippen molar-refractivity contribution in [2.24, 2.45) is 5.73 Å². The van der Waals surface area contributed by atoms with Crippen LogP contribution in [0.2, 0.25) is 0 Å². The minimum Gasteiger partial charge on any atom is -0.365 e. The van der Waals surface area contributed by atoms with Crippen LogP contribution in [-0.4, -0.2) is 21.3 Å². The van der Waals surface area contributed by atoms with E-state index in [0.717, 1.165) is 59.0 Å². The first-order valence-electron chi connectivity index (χ1n) is 7.96. The van der Waals surface area contributed by atoms with Gasteiger partial charge in [-0.05, 0) is 31.2 Å². The van der Waals surface area contributed by atoms with Gasteiger partial charge < -0.3 is 11.1 Å². The third kappa shape index (κ3) is 3.49. The maximum absolute atomic E-state index is 12.3. The molecule has 1 aliphatic carbocycles. The third-order valence-corrected chi connectivity index (χ3v) is 5.37. The Labute approximate surface area is 151 Å². The maximum atomic E-state index is 12.3. The van der Waals surface area contributed by atoms with Crippen molar-refractivity contribution in [1.82, 2.24) is 4.57 Å². The van der Waals surface area contributed by atoms with Crippen LogP contribution in [0, 0.1) is 10.1 Å². The van der Waals surface area contributed by atoms with Crippen molar-refractivity contribution in [1.29, 1.82) is 0 Å². The number of hydrogen-bond donors (Lipinski definition) is 2. The van der Waals surface area contributed by atoms with E-state index in [4.69, 9.17) is 5.73 Å². The first kappa shape index (κ1) is 17.8. The molecule has 9 nitrogen and oxygen atoms in total. The molecular weight excluding hydrogens is 360 g/mol. The third-order valence-electron chi connectivity index (χ3n) is 4.16. The van der Waals surface area contributed by atoms with E-state index in [1.54, 1.807) is 0 Å². The fourth-order valence-electron chi connectivity index (χ4n) is 2.99. The molecule has 2 heterocycles. The van der Waals surface area contributed by atoms with Gasteiger partial charge in [0.2, 0.25) is 5.91 Å². The summed E-state index contributed by atoms with van der Waals surface area (Å²) in [5, 5.41) is 13.8. The molecule has 0 atom stereocenters. The molecule has 0 unspecified atom stereocenters. The van der Waals surface area contributed by atoms with E-state index >= 15 is 0 Å². The maximum Gasteiger partial charge on any atom is 0.285 e. The van der Waals surface area contributed by atoms with Crippen molar-refractivity contribution in [3.05, 3.63) is 54.8 Å². The van der Waals surface area contributed by atoms with E-state index in [9.17, 15) is 24.5 Å². The lowest BCUT2D eigenvalue weighted by atomic mass is 9.95. The van der Waals surface area contributed by atoms with Crippen LogP contribution < -0.4 is 16.6 Å². The number of aryl methyl sites for hydroxylation is 1. The van der Waals surface area contributed by atoms with Crippen LogP contribution in [0.15, 0.2) is 23.1 Å². The van der Waals surface area contributed by atoms with E-state index in [0.29, 0.717) is 10.6 Å². The summed E-state index contributed by atoms with van der Waals surface area (Å²) < 4.78 is 0.949. The number of hydrogen-bond acceptors (Lipinski definition) is 6. The minimum atomic E-state index is -0.646. The minimum absolute atomic E-state index is 0.290. The average molecular weight is 376 g/mol. The Morgan fingerprint density at radius 2 is 2.04 bits per heavy atom. The molecule has 0 saturated heterocycles. The van der Waals surface area contributed by atoms with Crippen LogP contribution in [-0.2, 0) is 24.2 Å². The average Bonchev–Trinajstić information content (AvgIpc) is 2.94. The molecule has 0 spiro atoms. The van der Waals surface area contributed by atoms with Crippen LogP contribution in [0.3, 0.4) is 0 Å². The van der Waals surface area contributed by atoms with Gasteiger partial charge in [0, 0.05) is 17.0 Å². The molecule has 0 radical (unpaired) electrons. The Balaban J connectivity index is 1.84. The molecule has 3 rings (SSSR count). The number of aromatic nitrogens is 1. The van der Waals surface area contributed by atoms with Gasteiger partial charge in [-0.3, -0.25) is 29.1 Å². The van der Waals surface area contributed by atoms with Gasteiger partial charge in [0.1, 0.15) is 11.5 Å². The van der Waals surface area contributed by atoms with Gasteiger partial charge in [0.25, 0.3) is 17.2 Å².